The number of guanidine groups is 1. The van der Waals surface area contributed by atoms with Crippen molar-refractivity contribution < 1.29 is 13.3 Å². The molecule has 1 aromatic carbocycles. The fourth-order valence-corrected chi connectivity index (χ4v) is 3.76. The van der Waals surface area contributed by atoms with Crippen LogP contribution in [0.1, 0.15) is 32.1 Å². The second kappa shape index (κ2) is 12.7. The van der Waals surface area contributed by atoms with Crippen LogP contribution >= 0.6 is 24.0 Å². The average molecular weight is 551 g/mol. The molecule has 11 heteroatoms. The molecule has 1 aliphatic carbocycles. The monoisotopic (exact) mass is 551 g/mol. The van der Waals surface area contributed by atoms with Crippen molar-refractivity contribution in [3.05, 3.63) is 40.0 Å². The van der Waals surface area contributed by atoms with Gasteiger partial charge in [-0.05, 0) is 44.2 Å². The first-order valence-electron chi connectivity index (χ1n) is 9.66. The van der Waals surface area contributed by atoms with Crippen LogP contribution < -0.4 is 16.0 Å². The minimum Gasteiger partial charge on any atom is -0.378 e. The number of sulfone groups is 1. The first-order valence-corrected chi connectivity index (χ1v) is 11.5. The second-order valence-electron chi connectivity index (χ2n) is 6.92. The molecule has 1 aliphatic rings. The lowest BCUT2D eigenvalue weighted by molar-refractivity contribution is -0.384. The van der Waals surface area contributed by atoms with Crippen molar-refractivity contribution in [3.8, 4) is 0 Å². The molecule has 0 fully saturated rings. The molecule has 0 aliphatic heterocycles. The van der Waals surface area contributed by atoms with E-state index in [0.717, 1.165) is 25.3 Å². The molecule has 0 unspecified atom stereocenters. The third kappa shape index (κ3) is 8.46. The summed E-state index contributed by atoms with van der Waals surface area (Å²) < 4.78 is 23.2. The van der Waals surface area contributed by atoms with Gasteiger partial charge in [0.2, 0.25) is 0 Å². The quantitative estimate of drug-likeness (QED) is 0.0820. The number of hydrogen-bond acceptors (Lipinski definition) is 6. The van der Waals surface area contributed by atoms with Gasteiger partial charge in [0.25, 0.3) is 5.69 Å². The van der Waals surface area contributed by atoms with Gasteiger partial charge in [0.1, 0.15) is 5.69 Å². The van der Waals surface area contributed by atoms with Crippen LogP contribution in [0.2, 0.25) is 0 Å². The molecule has 168 valence electrons. The van der Waals surface area contributed by atoms with E-state index in [1.165, 1.54) is 43.4 Å². The number of allylic oxidation sites excluding steroid dienone is 1. The van der Waals surface area contributed by atoms with Crippen LogP contribution in [0.4, 0.5) is 11.4 Å². The number of rotatable bonds is 9. The Kier molecular flexibility index (Phi) is 11.1. The summed E-state index contributed by atoms with van der Waals surface area (Å²) in [5.74, 6) is 0.671. The Balaban J connectivity index is 0.00000450. The van der Waals surface area contributed by atoms with Crippen molar-refractivity contribution in [1.82, 2.24) is 10.6 Å². The number of nitro groups is 1. The van der Waals surface area contributed by atoms with Gasteiger partial charge in [0, 0.05) is 39.0 Å². The van der Waals surface area contributed by atoms with Crippen LogP contribution in [0, 0.1) is 10.1 Å². The number of benzene rings is 1. The Morgan fingerprint density at radius 2 is 1.93 bits per heavy atom. The molecule has 9 nitrogen and oxygen atoms in total. The molecule has 0 radical (unpaired) electrons. The molecule has 30 heavy (non-hydrogen) atoms. The van der Waals surface area contributed by atoms with Crippen molar-refractivity contribution in [3.63, 3.8) is 0 Å². The molecule has 2 rings (SSSR count). The van der Waals surface area contributed by atoms with Gasteiger partial charge in [-0.15, -0.1) is 24.0 Å². The number of aliphatic imine (C=N–C) groups is 1. The Morgan fingerprint density at radius 1 is 1.20 bits per heavy atom. The van der Waals surface area contributed by atoms with E-state index in [-0.39, 0.29) is 40.2 Å². The summed E-state index contributed by atoms with van der Waals surface area (Å²) in [6.07, 6.45) is 9.24. The third-order valence-corrected chi connectivity index (χ3v) is 5.78. The number of anilines is 1. The van der Waals surface area contributed by atoms with Gasteiger partial charge < -0.3 is 16.0 Å². The molecular weight excluding hydrogens is 521 g/mol. The topological polar surface area (TPSA) is 126 Å². The van der Waals surface area contributed by atoms with Gasteiger partial charge in [0.15, 0.2) is 15.8 Å². The summed E-state index contributed by atoms with van der Waals surface area (Å²) in [6.45, 7) is 1.70. The zero-order chi connectivity index (χ0) is 21.3. The number of nitrogens with one attached hydrogen (secondary N) is 3. The molecule has 1 aromatic rings. The van der Waals surface area contributed by atoms with E-state index in [0.29, 0.717) is 19.0 Å². The van der Waals surface area contributed by atoms with E-state index in [4.69, 9.17) is 0 Å². The number of halogens is 1. The smallest absolute Gasteiger partial charge is 0.293 e. The van der Waals surface area contributed by atoms with Crippen molar-refractivity contribution in [2.75, 3.05) is 38.3 Å². The molecule has 0 heterocycles. The van der Waals surface area contributed by atoms with E-state index in [1.54, 1.807) is 7.05 Å². The first kappa shape index (κ1) is 26.1. The molecule has 0 spiro atoms. The number of nitrogens with zero attached hydrogens (tertiary/aromatic N) is 2. The summed E-state index contributed by atoms with van der Waals surface area (Å²) in [5, 5.41) is 20.6. The maximum absolute atomic E-state index is 11.6. The highest BCUT2D eigenvalue weighted by molar-refractivity contribution is 14.0. The number of nitro benzene ring substituents is 1. The molecule has 3 N–H and O–H groups in total. The molecule has 0 amide bonds. The number of hydrogen-bond donors (Lipinski definition) is 3. The molecular formula is C19H30IN5O4S. The summed E-state index contributed by atoms with van der Waals surface area (Å²) in [6, 6.07) is 3.85. The minimum absolute atomic E-state index is 0. The van der Waals surface area contributed by atoms with Crippen LogP contribution in [0.25, 0.3) is 0 Å². The second-order valence-corrected chi connectivity index (χ2v) is 8.93. The largest absolute Gasteiger partial charge is 0.378 e. The van der Waals surface area contributed by atoms with Crippen LogP contribution in [-0.4, -0.2) is 52.2 Å². The normalized spacial score (nSPS) is 14.3. The van der Waals surface area contributed by atoms with E-state index in [2.05, 4.69) is 27.0 Å². The van der Waals surface area contributed by atoms with Crippen molar-refractivity contribution in [1.29, 1.82) is 0 Å². The van der Waals surface area contributed by atoms with Crippen LogP contribution in [0.3, 0.4) is 0 Å². The third-order valence-electron chi connectivity index (χ3n) is 4.67. The summed E-state index contributed by atoms with van der Waals surface area (Å²) in [7, 11) is -1.81. The highest BCUT2D eigenvalue weighted by atomic mass is 127. The van der Waals surface area contributed by atoms with E-state index < -0.39 is 14.8 Å². The van der Waals surface area contributed by atoms with E-state index in [1.807, 2.05) is 0 Å². The highest BCUT2D eigenvalue weighted by Crippen LogP contribution is 2.27. The molecule has 0 saturated heterocycles. The molecule has 0 aromatic heterocycles. The Labute approximate surface area is 194 Å². The van der Waals surface area contributed by atoms with Gasteiger partial charge in [-0.2, -0.15) is 0 Å². The summed E-state index contributed by atoms with van der Waals surface area (Å²) >= 11 is 0. The SMILES string of the molecule is CN=C(NCCNc1ccc(S(C)(=O)=O)cc1[N+](=O)[O-])NCCC1=CCCCC1.I. The Hall–Kier alpha value is -1.89. The van der Waals surface area contributed by atoms with Gasteiger partial charge in [-0.25, -0.2) is 8.42 Å². The minimum atomic E-state index is -3.51. The average Bonchev–Trinajstić information content (AvgIpc) is 2.69. The van der Waals surface area contributed by atoms with Crippen molar-refractivity contribution >= 4 is 51.1 Å². The van der Waals surface area contributed by atoms with Crippen LogP contribution in [0.15, 0.2) is 39.7 Å². The standard InChI is InChI=1S/C19H29N5O4S.HI/c1-20-19(22-11-10-15-6-4-3-5-7-15)23-13-12-21-17-9-8-16(29(2,27)28)14-18(17)24(25)26;/h6,8-9,14,21H,3-5,7,10-13H2,1-2H3,(H2,20,22,23);1H. The van der Waals surface area contributed by atoms with Crippen molar-refractivity contribution in [2.45, 2.75) is 37.0 Å². The lowest BCUT2D eigenvalue weighted by Crippen LogP contribution is -2.40. The predicted octanol–water partition coefficient (Wildman–Crippen LogP) is 3.08. The first-order chi connectivity index (χ1) is 13.8. The summed E-state index contributed by atoms with van der Waals surface area (Å²) in [5.41, 5.74) is 1.50. The van der Waals surface area contributed by atoms with Crippen LogP contribution in [0.5, 0.6) is 0 Å². The zero-order valence-electron chi connectivity index (χ0n) is 17.3. The fourth-order valence-electron chi connectivity index (χ4n) is 3.11. The lowest BCUT2D eigenvalue weighted by atomic mass is 9.97. The lowest BCUT2D eigenvalue weighted by Gasteiger charge is -2.15. The Bertz CT molecular complexity index is 887. The van der Waals surface area contributed by atoms with Gasteiger partial charge in [0.05, 0.1) is 9.82 Å². The van der Waals surface area contributed by atoms with Crippen molar-refractivity contribution in [2.24, 2.45) is 4.99 Å². The molecule has 0 saturated carbocycles. The van der Waals surface area contributed by atoms with Gasteiger partial charge >= 0.3 is 0 Å². The molecule has 0 bridgehead atoms. The summed E-state index contributed by atoms with van der Waals surface area (Å²) in [4.78, 5) is 14.8. The Morgan fingerprint density at radius 3 is 2.53 bits per heavy atom. The maximum atomic E-state index is 11.6. The van der Waals surface area contributed by atoms with Gasteiger partial charge in [-0.3, -0.25) is 15.1 Å². The fraction of sp³-hybridized carbons (Fsp3) is 0.526. The van der Waals surface area contributed by atoms with E-state index in [9.17, 15) is 18.5 Å². The predicted molar refractivity (Wildman–Crippen MR) is 131 cm³/mol. The molecule has 0 atom stereocenters. The maximum Gasteiger partial charge on any atom is 0.293 e. The van der Waals surface area contributed by atoms with Gasteiger partial charge in [-0.1, -0.05) is 11.6 Å². The highest BCUT2D eigenvalue weighted by Gasteiger charge is 2.18. The zero-order valence-corrected chi connectivity index (χ0v) is 20.5. The van der Waals surface area contributed by atoms with E-state index >= 15 is 0 Å². The van der Waals surface area contributed by atoms with Crippen LogP contribution in [-0.2, 0) is 9.84 Å².